The number of aromatic hydroxyl groups is 1. The van der Waals surface area contributed by atoms with E-state index in [1.807, 2.05) is 0 Å². The molecule has 0 heterocycles. The highest BCUT2D eigenvalue weighted by molar-refractivity contribution is 6.66. The van der Waals surface area contributed by atoms with Crippen molar-refractivity contribution in [3.8, 4) is 5.75 Å². The van der Waals surface area contributed by atoms with Gasteiger partial charge in [0.1, 0.15) is 5.75 Å². The molecule has 0 bridgehead atoms. The van der Waals surface area contributed by atoms with Crippen molar-refractivity contribution < 1.29 is 15.2 Å². The van der Waals surface area contributed by atoms with E-state index >= 15 is 0 Å². The van der Waals surface area contributed by atoms with Crippen LogP contribution in [0.25, 0.3) is 10.8 Å². The van der Waals surface area contributed by atoms with E-state index in [0.717, 1.165) is 0 Å². The summed E-state index contributed by atoms with van der Waals surface area (Å²) >= 11 is 11.9. The second-order valence-corrected chi connectivity index (χ2v) is 4.07. The fourth-order valence-corrected chi connectivity index (χ4v) is 2.21. The van der Waals surface area contributed by atoms with Gasteiger partial charge in [0.2, 0.25) is 0 Å². The van der Waals surface area contributed by atoms with Crippen LogP contribution >= 0.6 is 23.2 Å². The molecule has 2 aromatic carbocycles. The summed E-state index contributed by atoms with van der Waals surface area (Å²) in [7, 11) is -1.87. The minimum Gasteiger partial charge on any atom is -0.507 e. The standard InChI is InChI=1S/C10H7BCl2O3/c12-8-5-3-1-2-4-6(5)9(13)10(14)7(8)11(15)16/h1-4,14-16H. The number of hydrogen-bond donors (Lipinski definition) is 3. The number of hydrogen-bond acceptors (Lipinski definition) is 3. The molecule has 2 rings (SSSR count). The summed E-state index contributed by atoms with van der Waals surface area (Å²) in [5.74, 6) is -0.402. The molecule has 0 radical (unpaired) electrons. The lowest BCUT2D eigenvalue weighted by atomic mass is 9.78. The summed E-state index contributed by atoms with van der Waals surface area (Å²) in [6, 6.07) is 6.87. The van der Waals surface area contributed by atoms with Crippen LogP contribution in [0, 0.1) is 0 Å². The molecule has 0 atom stereocenters. The summed E-state index contributed by atoms with van der Waals surface area (Å²) in [5.41, 5.74) is -0.176. The van der Waals surface area contributed by atoms with Gasteiger partial charge < -0.3 is 15.2 Å². The van der Waals surface area contributed by atoms with Crippen molar-refractivity contribution in [2.75, 3.05) is 0 Å². The van der Waals surface area contributed by atoms with Gasteiger partial charge >= 0.3 is 7.12 Å². The first-order chi connectivity index (χ1) is 7.54. The summed E-state index contributed by atoms with van der Waals surface area (Å²) in [6.07, 6.45) is 0. The van der Waals surface area contributed by atoms with E-state index in [4.69, 9.17) is 33.2 Å². The first-order valence-electron chi connectivity index (χ1n) is 4.48. The van der Waals surface area contributed by atoms with Crippen LogP contribution in [-0.4, -0.2) is 22.3 Å². The van der Waals surface area contributed by atoms with Gasteiger partial charge in [0.05, 0.1) is 10.0 Å². The highest BCUT2D eigenvalue weighted by atomic mass is 35.5. The lowest BCUT2D eigenvalue weighted by Crippen LogP contribution is -2.31. The number of phenolic OH excluding ortho intramolecular Hbond substituents is 1. The van der Waals surface area contributed by atoms with Crippen molar-refractivity contribution >= 4 is 46.6 Å². The molecule has 0 aliphatic heterocycles. The molecule has 16 heavy (non-hydrogen) atoms. The Morgan fingerprint density at radius 2 is 1.44 bits per heavy atom. The summed E-state index contributed by atoms with van der Waals surface area (Å²) in [5, 5.41) is 29.2. The van der Waals surface area contributed by atoms with Gasteiger partial charge in [-0.05, 0) is 0 Å². The molecule has 0 aliphatic carbocycles. The quantitative estimate of drug-likeness (QED) is 0.679. The highest BCUT2D eigenvalue weighted by Crippen LogP contribution is 2.35. The van der Waals surface area contributed by atoms with E-state index in [1.54, 1.807) is 24.3 Å². The van der Waals surface area contributed by atoms with E-state index in [2.05, 4.69) is 0 Å². The van der Waals surface area contributed by atoms with Crippen LogP contribution in [-0.2, 0) is 0 Å². The third kappa shape index (κ3) is 1.64. The van der Waals surface area contributed by atoms with Gasteiger partial charge in [-0.1, -0.05) is 47.5 Å². The first-order valence-corrected chi connectivity index (χ1v) is 5.24. The monoisotopic (exact) mass is 256 g/mol. The minimum atomic E-state index is -1.87. The maximum atomic E-state index is 9.71. The molecule has 0 aromatic heterocycles. The first kappa shape index (κ1) is 11.5. The molecule has 82 valence electrons. The fraction of sp³-hybridized carbons (Fsp3) is 0. The minimum absolute atomic E-state index is 0.0584. The van der Waals surface area contributed by atoms with Crippen LogP contribution in [0.5, 0.6) is 5.75 Å². The van der Waals surface area contributed by atoms with E-state index in [-0.39, 0.29) is 15.5 Å². The topological polar surface area (TPSA) is 60.7 Å². The van der Waals surface area contributed by atoms with E-state index < -0.39 is 12.9 Å². The molecule has 3 nitrogen and oxygen atoms in total. The molecule has 0 amide bonds. The molecule has 2 aromatic rings. The maximum absolute atomic E-state index is 9.71. The summed E-state index contributed by atoms with van der Waals surface area (Å²) in [4.78, 5) is 0. The zero-order valence-corrected chi connectivity index (χ0v) is 9.50. The maximum Gasteiger partial charge on any atom is 0.493 e. The average Bonchev–Trinajstić information content (AvgIpc) is 2.26. The third-order valence-corrected chi connectivity index (χ3v) is 3.15. The van der Waals surface area contributed by atoms with E-state index in [9.17, 15) is 5.11 Å². The number of phenols is 1. The van der Waals surface area contributed by atoms with Crippen LogP contribution in [0.15, 0.2) is 24.3 Å². The van der Waals surface area contributed by atoms with Crippen molar-refractivity contribution in [1.82, 2.24) is 0 Å². The molecule has 0 spiro atoms. The Kier molecular flexibility index (Phi) is 2.99. The Balaban J connectivity index is 2.94. The molecule has 0 fully saturated rings. The third-order valence-electron chi connectivity index (χ3n) is 2.36. The highest BCUT2D eigenvalue weighted by Gasteiger charge is 2.25. The number of halogens is 2. The fourth-order valence-electron chi connectivity index (χ4n) is 1.60. The Morgan fingerprint density at radius 3 is 1.94 bits per heavy atom. The molecule has 3 N–H and O–H groups in total. The SMILES string of the molecule is OB(O)c1c(O)c(Cl)c2ccccc2c1Cl. The molecular formula is C10H7BCl2O3. The largest absolute Gasteiger partial charge is 0.507 e. The Morgan fingerprint density at radius 1 is 0.938 bits per heavy atom. The molecule has 0 aliphatic rings. The van der Waals surface area contributed by atoms with Gasteiger partial charge in [0, 0.05) is 16.2 Å². The van der Waals surface area contributed by atoms with Crippen molar-refractivity contribution in [2.24, 2.45) is 0 Å². The molecule has 0 unspecified atom stereocenters. The zero-order chi connectivity index (χ0) is 11.9. The van der Waals surface area contributed by atoms with Crippen LogP contribution in [0.2, 0.25) is 10.0 Å². The number of rotatable bonds is 1. The number of fused-ring (bicyclic) bond motifs is 1. The second kappa shape index (κ2) is 4.15. The Bertz CT molecular complexity index is 557. The van der Waals surface area contributed by atoms with Crippen molar-refractivity contribution in [2.45, 2.75) is 0 Å². The van der Waals surface area contributed by atoms with Crippen molar-refractivity contribution in [3.05, 3.63) is 34.3 Å². The smallest absolute Gasteiger partial charge is 0.493 e. The zero-order valence-electron chi connectivity index (χ0n) is 7.98. The Labute approximate surface area is 102 Å². The molecule has 0 saturated heterocycles. The van der Waals surface area contributed by atoms with Crippen molar-refractivity contribution in [3.63, 3.8) is 0 Å². The average molecular weight is 257 g/mol. The van der Waals surface area contributed by atoms with Gasteiger partial charge in [-0.2, -0.15) is 0 Å². The van der Waals surface area contributed by atoms with Crippen LogP contribution in [0.3, 0.4) is 0 Å². The molecule has 0 saturated carbocycles. The molecular weight excluding hydrogens is 250 g/mol. The predicted molar refractivity (Wildman–Crippen MR) is 65.5 cm³/mol. The van der Waals surface area contributed by atoms with Gasteiger partial charge in [-0.25, -0.2) is 0 Å². The van der Waals surface area contributed by atoms with Crippen LogP contribution < -0.4 is 5.46 Å². The lowest BCUT2D eigenvalue weighted by molar-refractivity contribution is 0.420. The van der Waals surface area contributed by atoms with Gasteiger partial charge in [-0.15, -0.1) is 0 Å². The van der Waals surface area contributed by atoms with E-state index in [1.165, 1.54) is 0 Å². The lowest BCUT2D eigenvalue weighted by Gasteiger charge is -2.11. The predicted octanol–water partition coefficient (Wildman–Crippen LogP) is 1.53. The van der Waals surface area contributed by atoms with Gasteiger partial charge in [0.15, 0.2) is 0 Å². The van der Waals surface area contributed by atoms with Crippen LogP contribution in [0.4, 0.5) is 0 Å². The van der Waals surface area contributed by atoms with E-state index in [0.29, 0.717) is 10.8 Å². The van der Waals surface area contributed by atoms with Crippen LogP contribution in [0.1, 0.15) is 0 Å². The molecule has 6 heteroatoms. The Hall–Kier alpha value is -0.935. The second-order valence-electron chi connectivity index (χ2n) is 3.31. The van der Waals surface area contributed by atoms with Gasteiger partial charge in [-0.3, -0.25) is 0 Å². The number of benzene rings is 2. The summed E-state index contributed by atoms with van der Waals surface area (Å²) < 4.78 is 0. The van der Waals surface area contributed by atoms with Crippen molar-refractivity contribution in [1.29, 1.82) is 0 Å². The summed E-state index contributed by atoms with van der Waals surface area (Å²) in [6.45, 7) is 0. The van der Waals surface area contributed by atoms with Gasteiger partial charge in [0.25, 0.3) is 0 Å². The normalized spacial score (nSPS) is 10.8.